The zero-order valence-corrected chi connectivity index (χ0v) is 15.8. The normalized spacial score (nSPS) is 11.4. The Morgan fingerprint density at radius 1 is 0.931 bits per heavy atom. The summed E-state index contributed by atoms with van der Waals surface area (Å²) in [6.07, 6.45) is 0. The van der Waals surface area contributed by atoms with Gasteiger partial charge in [-0.1, -0.05) is 48.5 Å². The van der Waals surface area contributed by atoms with Crippen LogP contribution in [0.25, 0.3) is 22.2 Å². The number of aromatic hydroxyl groups is 1. The average molecular weight is 381 g/mol. The largest absolute Gasteiger partial charge is 0.508 e. The first kappa shape index (κ1) is 18.4. The van der Waals surface area contributed by atoms with E-state index in [0.29, 0.717) is 11.3 Å². The number of carbonyl (C=O) groups excluding carboxylic acids is 1. The van der Waals surface area contributed by atoms with Crippen LogP contribution in [-0.4, -0.2) is 21.7 Å². The van der Waals surface area contributed by atoms with Gasteiger partial charge in [-0.25, -0.2) is 10.4 Å². The molecule has 1 heterocycles. The molecule has 0 radical (unpaired) electrons. The third-order valence-corrected chi connectivity index (χ3v) is 4.64. The zero-order valence-electron chi connectivity index (χ0n) is 15.8. The van der Waals surface area contributed by atoms with Crippen LogP contribution >= 0.6 is 0 Å². The van der Waals surface area contributed by atoms with Crippen molar-refractivity contribution in [2.75, 3.05) is 0 Å². The van der Waals surface area contributed by atoms with Crippen molar-refractivity contribution < 1.29 is 9.90 Å². The third kappa shape index (κ3) is 3.99. The molecule has 0 aliphatic heterocycles. The van der Waals surface area contributed by atoms with Gasteiger partial charge in [-0.2, -0.15) is 5.10 Å². The number of pyridine rings is 1. The Bertz CT molecular complexity index is 1200. The molecule has 142 valence electrons. The highest BCUT2D eigenvalue weighted by Gasteiger charge is 2.13. The number of amides is 1. The quantitative estimate of drug-likeness (QED) is 0.395. The van der Waals surface area contributed by atoms with E-state index < -0.39 is 0 Å². The van der Waals surface area contributed by atoms with Gasteiger partial charge in [0.05, 0.1) is 22.5 Å². The maximum absolute atomic E-state index is 12.9. The summed E-state index contributed by atoms with van der Waals surface area (Å²) in [5, 5.41) is 14.4. The van der Waals surface area contributed by atoms with Gasteiger partial charge in [-0.3, -0.25) is 4.79 Å². The summed E-state index contributed by atoms with van der Waals surface area (Å²) in [7, 11) is 0. The molecule has 0 saturated carbocycles. The molecule has 0 fully saturated rings. The number of hydrazone groups is 1. The van der Waals surface area contributed by atoms with Crippen molar-refractivity contribution in [3.8, 4) is 17.0 Å². The van der Waals surface area contributed by atoms with E-state index in [4.69, 9.17) is 4.98 Å². The molecule has 2 N–H and O–H groups in total. The Labute approximate surface area is 168 Å². The number of para-hydroxylation sites is 1. The van der Waals surface area contributed by atoms with Gasteiger partial charge in [0.25, 0.3) is 5.91 Å². The predicted octanol–water partition coefficient (Wildman–Crippen LogP) is 4.76. The van der Waals surface area contributed by atoms with Crippen LogP contribution in [0.3, 0.4) is 0 Å². The van der Waals surface area contributed by atoms with E-state index in [-0.39, 0.29) is 11.7 Å². The minimum Gasteiger partial charge on any atom is -0.508 e. The molecule has 4 rings (SSSR count). The van der Waals surface area contributed by atoms with E-state index in [2.05, 4.69) is 10.5 Å². The second kappa shape index (κ2) is 7.94. The van der Waals surface area contributed by atoms with E-state index in [9.17, 15) is 9.90 Å². The fourth-order valence-corrected chi connectivity index (χ4v) is 3.08. The fraction of sp³-hybridized carbons (Fsp3) is 0.0417. The monoisotopic (exact) mass is 381 g/mol. The zero-order chi connectivity index (χ0) is 20.2. The van der Waals surface area contributed by atoms with Crippen LogP contribution in [-0.2, 0) is 0 Å². The molecule has 3 aromatic carbocycles. The molecule has 0 spiro atoms. The lowest BCUT2D eigenvalue weighted by Gasteiger charge is -2.09. The average Bonchev–Trinajstić information content (AvgIpc) is 2.77. The second-order valence-electron chi connectivity index (χ2n) is 6.62. The molecule has 5 nitrogen and oxygen atoms in total. The van der Waals surface area contributed by atoms with Crippen LogP contribution in [0.1, 0.15) is 22.8 Å². The number of aromatic nitrogens is 1. The summed E-state index contributed by atoms with van der Waals surface area (Å²) >= 11 is 0. The molecule has 0 unspecified atom stereocenters. The highest BCUT2D eigenvalue weighted by atomic mass is 16.3. The predicted molar refractivity (Wildman–Crippen MR) is 115 cm³/mol. The first-order chi connectivity index (χ1) is 14.1. The number of nitrogens with one attached hydrogen (secondary N) is 1. The standard InChI is InChI=1S/C24H19N3O2/c1-16(17-11-13-19(28)14-12-17)26-27-24(29)21-15-23(18-7-3-2-4-8-18)25-22-10-6-5-9-20(21)22/h2-15,28H,1H3,(H,27,29)/b26-16-. The molecule has 0 aliphatic carbocycles. The number of hydrogen-bond acceptors (Lipinski definition) is 4. The maximum Gasteiger partial charge on any atom is 0.272 e. The van der Waals surface area contributed by atoms with Gasteiger partial charge in [0, 0.05) is 10.9 Å². The number of rotatable bonds is 4. The summed E-state index contributed by atoms with van der Waals surface area (Å²) in [4.78, 5) is 17.6. The number of phenols is 1. The van der Waals surface area contributed by atoms with Crippen LogP contribution in [0.2, 0.25) is 0 Å². The number of fused-ring (bicyclic) bond motifs is 1. The molecule has 5 heteroatoms. The molecule has 0 atom stereocenters. The molecule has 0 bridgehead atoms. The lowest BCUT2D eigenvalue weighted by Crippen LogP contribution is -2.20. The van der Waals surface area contributed by atoms with Gasteiger partial charge >= 0.3 is 0 Å². The molecule has 1 amide bonds. The van der Waals surface area contributed by atoms with Crippen molar-refractivity contribution in [3.05, 3.63) is 96.1 Å². The Morgan fingerprint density at radius 2 is 1.62 bits per heavy atom. The molecule has 4 aromatic rings. The van der Waals surface area contributed by atoms with Crippen LogP contribution in [0.4, 0.5) is 0 Å². The van der Waals surface area contributed by atoms with Crippen molar-refractivity contribution in [1.82, 2.24) is 10.4 Å². The van der Waals surface area contributed by atoms with E-state index in [1.807, 2.05) is 54.6 Å². The minimum absolute atomic E-state index is 0.183. The lowest BCUT2D eigenvalue weighted by atomic mass is 10.0. The first-order valence-corrected chi connectivity index (χ1v) is 9.21. The molecule has 0 saturated heterocycles. The van der Waals surface area contributed by atoms with E-state index in [1.165, 1.54) is 0 Å². The van der Waals surface area contributed by atoms with Crippen LogP contribution in [0, 0.1) is 0 Å². The summed E-state index contributed by atoms with van der Waals surface area (Å²) in [5.41, 5.74) is 7.02. The summed E-state index contributed by atoms with van der Waals surface area (Å²) in [6, 6.07) is 25.8. The van der Waals surface area contributed by atoms with E-state index in [0.717, 1.165) is 27.7 Å². The summed E-state index contributed by atoms with van der Waals surface area (Å²) in [5.74, 6) is -0.124. The topological polar surface area (TPSA) is 74.6 Å². The number of phenolic OH excluding ortho intramolecular Hbond substituents is 1. The minimum atomic E-state index is -0.307. The van der Waals surface area contributed by atoms with Gasteiger partial charge in [0.15, 0.2) is 0 Å². The number of hydrogen-bond donors (Lipinski definition) is 2. The van der Waals surface area contributed by atoms with E-state index in [1.54, 1.807) is 37.3 Å². The van der Waals surface area contributed by atoms with Gasteiger partial charge in [-0.15, -0.1) is 0 Å². The van der Waals surface area contributed by atoms with Gasteiger partial charge in [-0.05, 0) is 48.9 Å². The van der Waals surface area contributed by atoms with Crippen molar-refractivity contribution in [3.63, 3.8) is 0 Å². The summed E-state index contributed by atoms with van der Waals surface area (Å²) in [6.45, 7) is 1.80. The van der Waals surface area contributed by atoms with Crippen molar-refractivity contribution in [1.29, 1.82) is 0 Å². The Hall–Kier alpha value is -3.99. The Morgan fingerprint density at radius 3 is 2.38 bits per heavy atom. The van der Waals surface area contributed by atoms with Crippen LogP contribution in [0.5, 0.6) is 5.75 Å². The first-order valence-electron chi connectivity index (χ1n) is 9.21. The summed E-state index contributed by atoms with van der Waals surface area (Å²) < 4.78 is 0. The lowest BCUT2D eigenvalue weighted by molar-refractivity contribution is 0.0956. The smallest absolute Gasteiger partial charge is 0.272 e. The number of nitrogens with zero attached hydrogens (tertiary/aromatic N) is 2. The molecule has 0 aliphatic rings. The highest BCUT2D eigenvalue weighted by Crippen LogP contribution is 2.24. The number of carbonyl (C=O) groups is 1. The van der Waals surface area contributed by atoms with Crippen LogP contribution in [0.15, 0.2) is 90.0 Å². The van der Waals surface area contributed by atoms with Gasteiger partial charge in [0.1, 0.15) is 5.75 Å². The molecule has 29 heavy (non-hydrogen) atoms. The fourth-order valence-electron chi connectivity index (χ4n) is 3.08. The van der Waals surface area contributed by atoms with Crippen LogP contribution < -0.4 is 5.43 Å². The third-order valence-electron chi connectivity index (χ3n) is 4.64. The maximum atomic E-state index is 12.9. The molecular formula is C24H19N3O2. The highest BCUT2D eigenvalue weighted by molar-refractivity contribution is 6.08. The SMILES string of the molecule is C/C(=N/NC(=O)c1cc(-c2ccccc2)nc2ccccc12)c1ccc(O)cc1. The van der Waals surface area contributed by atoms with Gasteiger partial charge in [0.2, 0.25) is 0 Å². The second-order valence-corrected chi connectivity index (χ2v) is 6.62. The Balaban J connectivity index is 1.69. The van der Waals surface area contributed by atoms with Crippen molar-refractivity contribution in [2.45, 2.75) is 6.92 Å². The van der Waals surface area contributed by atoms with Crippen molar-refractivity contribution in [2.24, 2.45) is 5.10 Å². The molecular weight excluding hydrogens is 362 g/mol. The van der Waals surface area contributed by atoms with E-state index >= 15 is 0 Å². The van der Waals surface area contributed by atoms with Crippen molar-refractivity contribution >= 4 is 22.5 Å². The molecule has 1 aromatic heterocycles. The van der Waals surface area contributed by atoms with Gasteiger partial charge < -0.3 is 5.11 Å². The Kier molecular flexibility index (Phi) is 5.03. The number of benzene rings is 3.